The molecule has 1 aromatic carbocycles. The van der Waals surface area contributed by atoms with E-state index in [2.05, 4.69) is 21.9 Å². The Balaban J connectivity index is 2.79. The van der Waals surface area contributed by atoms with Gasteiger partial charge in [-0.25, -0.2) is 17.9 Å². The number of hydrogen-bond acceptors (Lipinski definition) is 4. The molecule has 0 saturated heterocycles. The molecule has 0 unspecified atom stereocenters. The topological polar surface area (TPSA) is 127 Å². The van der Waals surface area contributed by atoms with Gasteiger partial charge in [-0.2, -0.15) is 0 Å². The number of aryl methyl sites for hydroxylation is 1. The Bertz CT molecular complexity index is 674. The molecule has 114 valence electrons. The Hall–Kier alpha value is -2.08. The number of carbonyl (C=O) groups excluding carboxylic acids is 1. The molecule has 8 heteroatoms. The van der Waals surface area contributed by atoms with Gasteiger partial charge in [0.15, 0.2) is 0 Å². The molecule has 2 amide bonds. The zero-order chi connectivity index (χ0) is 15.9. The van der Waals surface area contributed by atoms with Crippen molar-refractivity contribution in [1.82, 2.24) is 10.0 Å². The van der Waals surface area contributed by atoms with Crippen LogP contribution in [0.4, 0.5) is 4.79 Å². The van der Waals surface area contributed by atoms with Crippen LogP contribution in [0.5, 0.6) is 0 Å². The summed E-state index contributed by atoms with van der Waals surface area (Å²) in [6.45, 7) is 2.19. The first-order valence-corrected chi connectivity index (χ1v) is 7.67. The van der Waals surface area contributed by atoms with E-state index in [4.69, 9.17) is 11.5 Å². The van der Waals surface area contributed by atoms with Crippen LogP contribution < -0.4 is 21.5 Å². The fraction of sp³-hybridized carbons (Fsp3) is 0.308. The molecule has 0 aliphatic carbocycles. The van der Waals surface area contributed by atoms with Crippen molar-refractivity contribution in [3.63, 3.8) is 0 Å². The first-order valence-electron chi connectivity index (χ1n) is 6.19. The summed E-state index contributed by atoms with van der Waals surface area (Å²) in [5, 5.41) is 2.30. The highest BCUT2D eigenvalue weighted by Crippen LogP contribution is 2.14. The second-order valence-corrected chi connectivity index (χ2v) is 5.94. The van der Waals surface area contributed by atoms with E-state index >= 15 is 0 Å². The molecule has 0 fully saturated rings. The van der Waals surface area contributed by atoms with Crippen molar-refractivity contribution in [3.05, 3.63) is 29.3 Å². The molecule has 0 aliphatic heterocycles. The van der Waals surface area contributed by atoms with Crippen LogP contribution in [-0.2, 0) is 10.0 Å². The van der Waals surface area contributed by atoms with E-state index in [0.29, 0.717) is 0 Å². The Morgan fingerprint density at radius 1 is 1.33 bits per heavy atom. The third kappa shape index (κ3) is 5.43. The van der Waals surface area contributed by atoms with Gasteiger partial charge in [-0.3, -0.25) is 0 Å². The predicted octanol–water partition coefficient (Wildman–Crippen LogP) is -0.748. The van der Waals surface area contributed by atoms with Crippen LogP contribution in [0.15, 0.2) is 23.1 Å². The van der Waals surface area contributed by atoms with Crippen molar-refractivity contribution < 1.29 is 13.2 Å². The van der Waals surface area contributed by atoms with E-state index in [9.17, 15) is 13.2 Å². The van der Waals surface area contributed by atoms with Gasteiger partial charge in [-0.15, -0.1) is 0 Å². The van der Waals surface area contributed by atoms with Crippen LogP contribution in [0, 0.1) is 18.8 Å². The van der Waals surface area contributed by atoms with Gasteiger partial charge in [0, 0.05) is 18.7 Å². The average Bonchev–Trinajstić information content (AvgIpc) is 2.42. The largest absolute Gasteiger partial charge is 0.352 e. The number of nitrogens with two attached hydrogens (primary N) is 2. The van der Waals surface area contributed by atoms with Crippen LogP contribution in [-0.4, -0.2) is 34.1 Å². The highest BCUT2D eigenvalue weighted by atomic mass is 32.2. The average molecular weight is 310 g/mol. The number of sulfonamides is 1. The zero-order valence-electron chi connectivity index (χ0n) is 11.6. The van der Waals surface area contributed by atoms with Crippen molar-refractivity contribution in [2.75, 3.05) is 19.6 Å². The summed E-state index contributed by atoms with van der Waals surface area (Å²) in [5.41, 5.74) is 11.7. The summed E-state index contributed by atoms with van der Waals surface area (Å²) >= 11 is 0. The molecule has 0 atom stereocenters. The number of benzene rings is 1. The molecular formula is C13H18N4O3S. The van der Waals surface area contributed by atoms with Gasteiger partial charge < -0.3 is 16.8 Å². The summed E-state index contributed by atoms with van der Waals surface area (Å²) in [7, 11) is -3.63. The number of urea groups is 1. The van der Waals surface area contributed by atoms with Gasteiger partial charge in [-0.05, 0) is 30.7 Å². The van der Waals surface area contributed by atoms with Gasteiger partial charge >= 0.3 is 6.03 Å². The first kappa shape index (κ1) is 17.0. The molecule has 1 aromatic rings. The molecule has 0 bridgehead atoms. The molecule has 0 aliphatic rings. The minimum Gasteiger partial charge on any atom is -0.352 e. The van der Waals surface area contributed by atoms with Gasteiger partial charge in [0.05, 0.1) is 11.4 Å². The molecule has 1 rings (SSSR count). The lowest BCUT2D eigenvalue weighted by molar-refractivity contribution is 0.249. The molecule has 0 radical (unpaired) electrons. The number of nitrogens with one attached hydrogen (secondary N) is 2. The number of hydrogen-bond donors (Lipinski definition) is 4. The van der Waals surface area contributed by atoms with Crippen LogP contribution in [0.25, 0.3) is 0 Å². The maximum absolute atomic E-state index is 12.0. The molecule has 0 heterocycles. The highest BCUT2D eigenvalue weighted by Gasteiger charge is 2.14. The lowest BCUT2D eigenvalue weighted by atomic mass is 10.1. The van der Waals surface area contributed by atoms with Gasteiger partial charge in [0.1, 0.15) is 0 Å². The monoisotopic (exact) mass is 310 g/mol. The standard InChI is InChI=1S/C13H18N4O3S/c1-10-9-12(5-4-11(10)3-2-6-14)21(19,20)17-8-7-16-13(15)18/h4-5,9,17H,6-8,14H2,1H3,(H3,15,16,18). The molecule has 0 aromatic heterocycles. The maximum atomic E-state index is 12.0. The number of carbonyl (C=O) groups is 1. The van der Waals surface area contributed by atoms with Crippen molar-refractivity contribution in [1.29, 1.82) is 0 Å². The fourth-order valence-corrected chi connectivity index (χ4v) is 2.66. The molecule has 21 heavy (non-hydrogen) atoms. The van der Waals surface area contributed by atoms with Crippen molar-refractivity contribution in [2.24, 2.45) is 11.5 Å². The molecule has 7 nitrogen and oxygen atoms in total. The van der Waals surface area contributed by atoms with Gasteiger partial charge in [0.25, 0.3) is 0 Å². The third-order valence-corrected chi connectivity index (χ3v) is 4.01. The van der Waals surface area contributed by atoms with Gasteiger partial charge in [-0.1, -0.05) is 11.8 Å². The maximum Gasteiger partial charge on any atom is 0.312 e. The SMILES string of the molecule is Cc1cc(S(=O)(=O)NCCNC(N)=O)ccc1C#CCN. The summed E-state index contributed by atoms with van der Waals surface area (Å²) in [6, 6.07) is 3.93. The lowest BCUT2D eigenvalue weighted by Crippen LogP contribution is -2.37. The zero-order valence-corrected chi connectivity index (χ0v) is 12.5. The Labute approximate surface area is 124 Å². The third-order valence-electron chi connectivity index (χ3n) is 2.55. The van der Waals surface area contributed by atoms with Crippen LogP contribution in [0.3, 0.4) is 0 Å². The summed E-state index contributed by atoms with van der Waals surface area (Å²) in [5.74, 6) is 5.58. The molecular weight excluding hydrogens is 292 g/mol. The van der Waals surface area contributed by atoms with Gasteiger partial charge in [0.2, 0.25) is 10.0 Å². The second-order valence-electron chi connectivity index (χ2n) is 4.17. The normalized spacial score (nSPS) is 10.6. The highest BCUT2D eigenvalue weighted by molar-refractivity contribution is 7.89. The Morgan fingerprint density at radius 3 is 2.62 bits per heavy atom. The summed E-state index contributed by atoms with van der Waals surface area (Å²) in [4.78, 5) is 10.6. The molecule has 0 saturated carbocycles. The van der Waals surface area contributed by atoms with E-state index in [-0.39, 0.29) is 24.5 Å². The smallest absolute Gasteiger partial charge is 0.312 e. The first-order chi connectivity index (χ1) is 9.86. The Kier molecular flexibility index (Phi) is 6.17. The number of amides is 2. The molecule has 6 N–H and O–H groups in total. The minimum atomic E-state index is -3.63. The van der Waals surface area contributed by atoms with E-state index in [1.54, 1.807) is 13.0 Å². The van der Waals surface area contributed by atoms with E-state index in [1.165, 1.54) is 12.1 Å². The van der Waals surface area contributed by atoms with Crippen LogP contribution >= 0.6 is 0 Å². The van der Waals surface area contributed by atoms with Crippen molar-refractivity contribution in [3.8, 4) is 11.8 Å². The van der Waals surface area contributed by atoms with E-state index in [1.807, 2.05) is 0 Å². The Morgan fingerprint density at radius 2 is 2.05 bits per heavy atom. The number of rotatable bonds is 5. The van der Waals surface area contributed by atoms with E-state index in [0.717, 1.165) is 11.1 Å². The predicted molar refractivity (Wildman–Crippen MR) is 79.9 cm³/mol. The number of primary amides is 1. The summed E-state index contributed by atoms with van der Waals surface area (Å²) < 4.78 is 26.5. The van der Waals surface area contributed by atoms with E-state index < -0.39 is 16.1 Å². The second kappa shape index (κ2) is 7.64. The fourth-order valence-electron chi connectivity index (χ4n) is 1.54. The van der Waals surface area contributed by atoms with Crippen LogP contribution in [0.1, 0.15) is 11.1 Å². The minimum absolute atomic E-state index is 0.0546. The summed E-state index contributed by atoms with van der Waals surface area (Å²) in [6.07, 6.45) is 0. The molecule has 0 spiro atoms. The van der Waals surface area contributed by atoms with Crippen molar-refractivity contribution >= 4 is 16.1 Å². The lowest BCUT2D eigenvalue weighted by Gasteiger charge is -2.08. The quantitative estimate of drug-likeness (QED) is 0.421. The van der Waals surface area contributed by atoms with Crippen molar-refractivity contribution in [2.45, 2.75) is 11.8 Å². The van der Waals surface area contributed by atoms with Crippen LogP contribution in [0.2, 0.25) is 0 Å².